The molecule has 0 aliphatic heterocycles. The Hall–Kier alpha value is -2.55. The molecule has 0 heterocycles. The highest BCUT2D eigenvalue weighted by molar-refractivity contribution is 7.47. The molecule has 0 aromatic heterocycles. The van der Waals surface area contributed by atoms with Crippen molar-refractivity contribution in [1.29, 1.82) is 0 Å². The number of nitrogens with zero attached hydrogens (tertiary/aromatic N) is 1. The summed E-state index contributed by atoms with van der Waals surface area (Å²) in [5.41, 5.74) is 0. The van der Waals surface area contributed by atoms with Gasteiger partial charge >= 0.3 is 19.8 Å². The Morgan fingerprint density at radius 2 is 0.983 bits per heavy atom. The van der Waals surface area contributed by atoms with E-state index in [0.717, 1.165) is 77.0 Å². The van der Waals surface area contributed by atoms with Gasteiger partial charge in [0.05, 0.1) is 27.7 Å². The van der Waals surface area contributed by atoms with E-state index >= 15 is 0 Å². The van der Waals surface area contributed by atoms with E-state index in [-0.39, 0.29) is 32.0 Å². The van der Waals surface area contributed by atoms with Gasteiger partial charge in [-0.1, -0.05) is 145 Å². The summed E-state index contributed by atoms with van der Waals surface area (Å²) in [6, 6.07) is 0. The van der Waals surface area contributed by atoms with Gasteiger partial charge < -0.3 is 18.9 Å². The van der Waals surface area contributed by atoms with Crippen LogP contribution in [-0.4, -0.2) is 74.9 Å². The zero-order valence-electron chi connectivity index (χ0n) is 37.5. The van der Waals surface area contributed by atoms with Crippen LogP contribution in [0.2, 0.25) is 0 Å². The molecule has 0 aliphatic rings. The summed E-state index contributed by atoms with van der Waals surface area (Å²) in [6.07, 6.45) is 49.5. The largest absolute Gasteiger partial charge is 0.472 e. The molecular weight excluding hydrogens is 750 g/mol. The van der Waals surface area contributed by atoms with Crippen LogP contribution in [-0.2, 0) is 32.7 Å². The Kier molecular flexibility index (Phi) is 38.1. The first-order valence-electron chi connectivity index (χ1n) is 22.7. The fourth-order valence-corrected chi connectivity index (χ4v) is 6.42. The number of esters is 2. The molecule has 0 aromatic carbocycles. The molecule has 0 aromatic rings. The number of allylic oxidation sites excluding steroid dienone is 12. The van der Waals surface area contributed by atoms with Gasteiger partial charge in [-0.05, 0) is 83.5 Å². The van der Waals surface area contributed by atoms with Crippen LogP contribution < -0.4 is 0 Å². The molecule has 2 unspecified atom stereocenters. The standard InChI is InChI=1S/C48H84NO8P/c1-6-8-10-12-14-16-18-20-22-23-24-25-27-28-30-32-34-36-38-40-47(50)54-44-46(45-56-58(52,53)55-43-42-49(3,4)5)57-48(51)41-39-37-35-33-31-29-26-21-19-17-15-13-11-9-7-2/h9,11,14-17,20-22,26,31,33,46H,6-8,10,12-13,18-19,23-25,27-30,32,34-45H2,1-5H3/p+1/b11-9-,16-14-,17-15-,22-20-,26-21-,33-31-. The van der Waals surface area contributed by atoms with Crippen molar-refractivity contribution in [2.75, 3.05) is 47.5 Å². The summed E-state index contributed by atoms with van der Waals surface area (Å²) in [4.78, 5) is 35.4. The number of unbranched alkanes of at least 4 members (excludes halogenated alkanes) is 14. The normalized spacial score (nSPS) is 14.2. The minimum atomic E-state index is -4.39. The van der Waals surface area contributed by atoms with E-state index in [1.807, 2.05) is 21.1 Å². The number of phosphoric acid groups is 1. The van der Waals surface area contributed by atoms with Crippen molar-refractivity contribution in [3.8, 4) is 0 Å². The first kappa shape index (κ1) is 55.5. The van der Waals surface area contributed by atoms with Gasteiger partial charge in [-0.15, -0.1) is 0 Å². The van der Waals surface area contributed by atoms with Crippen LogP contribution in [0.4, 0.5) is 0 Å². The van der Waals surface area contributed by atoms with Crippen LogP contribution in [0.3, 0.4) is 0 Å². The van der Waals surface area contributed by atoms with Gasteiger partial charge in [-0.2, -0.15) is 0 Å². The Bertz CT molecular complexity index is 1220. The predicted molar refractivity (Wildman–Crippen MR) is 242 cm³/mol. The van der Waals surface area contributed by atoms with E-state index in [1.165, 1.54) is 57.8 Å². The van der Waals surface area contributed by atoms with Gasteiger partial charge in [-0.25, -0.2) is 4.57 Å². The molecular formula is C48H85NO8P+. The van der Waals surface area contributed by atoms with Crippen molar-refractivity contribution >= 4 is 19.8 Å². The van der Waals surface area contributed by atoms with E-state index in [1.54, 1.807) is 0 Å². The second kappa shape index (κ2) is 39.9. The fraction of sp³-hybridized carbons (Fsp3) is 0.708. The molecule has 0 bridgehead atoms. The van der Waals surface area contributed by atoms with Crippen LogP contribution in [0.15, 0.2) is 72.9 Å². The topological polar surface area (TPSA) is 108 Å². The molecule has 0 radical (unpaired) electrons. The smallest absolute Gasteiger partial charge is 0.462 e. The molecule has 1 N–H and O–H groups in total. The van der Waals surface area contributed by atoms with Crippen LogP contribution in [0.1, 0.15) is 168 Å². The Balaban J connectivity index is 4.39. The lowest BCUT2D eigenvalue weighted by Crippen LogP contribution is -2.37. The molecule has 2 atom stereocenters. The fourth-order valence-electron chi connectivity index (χ4n) is 5.68. The summed E-state index contributed by atoms with van der Waals surface area (Å²) < 4.78 is 34.3. The minimum Gasteiger partial charge on any atom is -0.462 e. The molecule has 334 valence electrons. The summed E-state index contributed by atoms with van der Waals surface area (Å²) in [5, 5.41) is 0. The van der Waals surface area contributed by atoms with Crippen molar-refractivity contribution in [2.24, 2.45) is 0 Å². The van der Waals surface area contributed by atoms with Crippen molar-refractivity contribution in [3.05, 3.63) is 72.9 Å². The van der Waals surface area contributed by atoms with Gasteiger partial charge in [0, 0.05) is 12.8 Å². The van der Waals surface area contributed by atoms with E-state index in [2.05, 4.69) is 86.8 Å². The van der Waals surface area contributed by atoms with Gasteiger partial charge in [0.25, 0.3) is 0 Å². The lowest BCUT2D eigenvalue weighted by atomic mass is 10.1. The summed E-state index contributed by atoms with van der Waals surface area (Å²) in [6.45, 7) is 4.22. The third-order valence-corrected chi connectivity index (χ3v) is 10.2. The molecule has 58 heavy (non-hydrogen) atoms. The quantitative estimate of drug-likeness (QED) is 0.0214. The second-order valence-electron chi connectivity index (χ2n) is 16.0. The number of carbonyl (C=O) groups is 2. The maximum Gasteiger partial charge on any atom is 0.472 e. The monoisotopic (exact) mass is 835 g/mol. The Morgan fingerprint density at radius 1 is 0.552 bits per heavy atom. The molecule has 0 rings (SSSR count). The minimum absolute atomic E-state index is 0.0194. The van der Waals surface area contributed by atoms with E-state index in [9.17, 15) is 19.0 Å². The van der Waals surface area contributed by atoms with Crippen molar-refractivity contribution in [1.82, 2.24) is 0 Å². The highest BCUT2D eigenvalue weighted by atomic mass is 31.2. The number of carbonyl (C=O) groups excluding carboxylic acids is 2. The summed E-state index contributed by atoms with van der Waals surface area (Å²) in [5.74, 6) is -0.857. The van der Waals surface area contributed by atoms with Crippen molar-refractivity contribution in [3.63, 3.8) is 0 Å². The van der Waals surface area contributed by atoms with Gasteiger partial charge in [0.1, 0.15) is 19.8 Å². The number of likely N-dealkylation sites (N-methyl/N-ethyl adjacent to an activating group) is 1. The zero-order chi connectivity index (χ0) is 42.8. The molecule has 0 aliphatic carbocycles. The van der Waals surface area contributed by atoms with E-state index in [4.69, 9.17) is 18.5 Å². The molecule has 10 heteroatoms. The third kappa shape index (κ3) is 43.0. The maximum atomic E-state index is 12.7. The second-order valence-corrected chi connectivity index (χ2v) is 17.5. The predicted octanol–water partition coefficient (Wildman–Crippen LogP) is 13.0. The molecule has 0 saturated carbocycles. The SMILES string of the molecule is CC/C=C\C/C=C\C/C=C\C/C=C\CCCCC(=O)OC(COC(=O)CCCCCCCCCCC/C=C\C/C=C\CCCCC)COP(=O)(O)OCC[N+](C)(C)C. The van der Waals surface area contributed by atoms with Crippen molar-refractivity contribution in [2.45, 2.75) is 174 Å². The molecule has 0 fully saturated rings. The van der Waals surface area contributed by atoms with Crippen LogP contribution >= 0.6 is 7.82 Å². The Morgan fingerprint density at radius 3 is 1.50 bits per heavy atom. The number of ether oxygens (including phenoxy) is 2. The van der Waals surface area contributed by atoms with E-state index in [0.29, 0.717) is 17.4 Å². The zero-order valence-corrected chi connectivity index (χ0v) is 38.4. The van der Waals surface area contributed by atoms with Crippen LogP contribution in [0, 0.1) is 0 Å². The number of hydrogen-bond acceptors (Lipinski definition) is 7. The van der Waals surface area contributed by atoms with Gasteiger partial charge in [0.2, 0.25) is 0 Å². The number of rotatable bonds is 40. The molecule has 9 nitrogen and oxygen atoms in total. The van der Waals surface area contributed by atoms with Crippen LogP contribution in [0.25, 0.3) is 0 Å². The third-order valence-electron chi connectivity index (χ3n) is 9.22. The molecule has 0 saturated heterocycles. The highest BCUT2D eigenvalue weighted by Gasteiger charge is 2.27. The first-order chi connectivity index (χ1) is 28.0. The van der Waals surface area contributed by atoms with Gasteiger partial charge in [0.15, 0.2) is 6.10 Å². The van der Waals surface area contributed by atoms with E-state index < -0.39 is 26.5 Å². The number of quaternary nitrogens is 1. The molecule has 0 spiro atoms. The lowest BCUT2D eigenvalue weighted by molar-refractivity contribution is -0.870. The number of phosphoric ester groups is 1. The first-order valence-corrected chi connectivity index (χ1v) is 24.2. The maximum absolute atomic E-state index is 12.7. The average Bonchev–Trinajstić information content (AvgIpc) is 3.17. The summed E-state index contributed by atoms with van der Waals surface area (Å²) >= 11 is 0. The van der Waals surface area contributed by atoms with Crippen LogP contribution in [0.5, 0.6) is 0 Å². The average molecular weight is 835 g/mol. The highest BCUT2D eigenvalue weighted by Crippen LogP contribution is 2.43. The van der Waals surface area contributed by atoms with Gasteiger partial charge in [-0.3, -0.25) is 18.6 Å². The van der Waals surface area contributed by atoms with Crippen molar-refractivity contribution < 1.29 is 42.1 Å². The summed E-state index contributed by atoms with van der Waals surface area (Å²) in [7, 11) is 1.44. The molecule has 0 amide bonds. The number of hydrogen-bond donors (Lipinski definition) is 1. The lowest BCUT2D eigenvalue weighted by Gasteiger charge is -2.24. The Labute approximate surface area is 355 Å².